The van der Waals surface area contributed by atoms with Crippen LogP contribution >= 0.6 is 0 Å². The van der Waals surface area contributed by atoms with E-state index in [4.69, 9.17) is 5.11 Å². The molecule has 0 unspecified atom stereocenters. The normalized spacial score (nSPS) is 11.2. The van der Waals surface area contributed by atoms with Gasteiger partial charge in [0.2, 0.25) is 10.0 Å². The van der Waals surface area contributed by atoms with Crippen molar-refractivity contribution >= 4 is 10.0 Å². The molecule has 110 valence electrons. The molecule has 20 heavy (non-hydrogen) atoms. The molecule has 0 aromatic heterocycles. The molecule has 0 aliphatic heterocycles. The summed E-state index contributed by atoms with van der Waals surface area (Å²) in [4.78, 5) is 2.24. The zero-order valence-electron chi connectivity index (χ0n) is 11.8. The van der Waals surface area contributed by atoms with Crippen LogP contribution in [0.2, 0.25) is 0 Å². The Hall–Kier alpha value is -1.39. The van der Waals surface area contributed by atoms with Crippen LogP contribution in [0, 0.1) is 11.8 Å². The van der Waals surface area contributed by atoms with Crippen molar-refractivity contribution in [3.05, 3.63) is 29.8 Å². The number of nitrogens with zero attached hydrogens (tertiary/aromatic N) is 1. The van der Waals surface area contributed by atoms with E-state index in [0.717, 1.165) is 6.54 Å². The molecule has 0 saturated heterocycles. The minimum Gasteiger partial charge on any atom is -0.384 e. The third-order valence-corrected chi connectivity index (χ3v) is 4.28. The number of aliphatic hydroxyl groups is 1. The van der Waals surface area contributed by atoms with E-state index in [2.05, 4.69) is 16.6 Å². The van der Waals surface area contributed by atoms with E-state index in [9.17, 15) is 8.42 Å². The molecule has 2 N–H and O–H groups in total. The molecule has 0 aliphatic rings. The number of sulfonamides is 1. The van der Waals surface area contributed by atoms with Crippen LogP contribution in [0.5, 0.6) is 0 Å². The molecule has 0 atom stereocenters. The fourth-order valence-electron chi connectivity index (χ4n) is 1.47. The molecule has 1 rings (SSSR count). The standard InChI is InChI=1S/C14H20N2O3S/c1-3-16(2)11-10-15-20(18,19)14-8-6-13(7-9-14)5-4-12-17/h6-9,15,17H,3,10-12H2,1-2H3. The molecule has 0 radical (unpaired) electrons. The molecular weight excluding hydrogens is 276 g/mol. The molecule has 5 nitrogen and oxygen atoms in total. The van der Waals surface area contributed by atoms with Crippen molar-refractivity contribution in [2.75, 3.05) is 33.3 Å². The van der Waals surface area contributed by atoms with Crippen LogP contribution in [0.4, 0.5) is 0 Å². The lowest BCUT2D eigenvalue weighted by atomic mass is 10.2. The topological polar surface area (TPSA) is 69.6 Å². The van der Waals surface area contributed by atoms with Gasteiger partial charge in [-0.15, -0.1) is 0 Å². The van der Waals surface area contributed by atoms with E-state index in [1.807, 2.05) is 18.9 Å². The number of aliphatic hydroxyl groups excluding tert-OH is 1. The maximum atomic E-state index is 12.0. The van der Waals surface area contributed by atoms with Crippen molar-refractivity contribution in [1.82, 2.24) is 9.62 Å². The van der Waals surface area contributed by atoms with E-state index in [1.54, 1.807) is 12.1 Å². The lowest BCUT2D eigenvalue weighted by Crippen LogP contribution is -2.32. The SMILES string of the molecule is CCN(C)CCNS(=O)(=O)c1ccc(C#CCO)cc1. The van der Waals surface area contributed by atoms with Gasteiger partial charge in [0.05, 0.1) is 4.90 Å². The van der Waals surface area contributed by atoms with Gasteiger partial charge in [-0.05, 0) is 37.9 Å². The Kier molecular flexibility index (Phi) is 6.68. The van der Waals surface area contributed by atoms with Crippen molar-refractivity contribution in [3.8, 4) is 11.8 Å². The summed E-state index contributed by atoms with van der Waals surface area (Å²) in [6.07, 6.45) is 0. The van der Waals surface area contributed by atoms with Crippen LogP contribution in [-0.4, -0.2) is 51.7 Å². The third kappa shape index (κ3) is 5.31. The summed E-state index contributed by atoms with van der Waals surface area (Å²) >= 11 is 0. The fourth-order valence-corrected chi connectivity index (χ4v) is 2.49. The van der Waals surface area contributed by atoms with E-state index in [0.29, 0.717) is 18.7 Å². The predicted octanol–water partition coefficient (Wildman–Crippen LogP) is 0.260. The quantitative estimate of drug-likeness (QED) is 0.739. The Balaban J connectivity index is 2.68. The van der Waals surface area contributed by atoms with Crippen molar-refractivity contribution < 1.29 is 13.5 Å². The molecule has 1 aromatic carbocycles. The highest BCUT2D eigenvalue weighted by Crippen LogP contribution is 2.09. The molecule has 0 spiro atoms. The van der Waals surface area contributed by atoms with Crippen molar-refractivity contribution in [2.45, 2.75) is 11.8 Å². The molecule has 0 fully saturated rings. The summed E-state index contributed by atoms with van der Waals surface area (Å²) in [5.74, 6) is 5.23. The van der Waals surface area contributed by atoms with Gasteiger partial charge in [-0.3, -0.25) is 0 Å². The smallest absolute Gasteiger partial charge is 0.240 e. The average molecular weight is 296 g/mol. The van der Waals surface area contributed by atoms with E-state index in [-0.39, 0.29) is 11.5 Å². The molecule has 6 heteroatoms. The molecule has 0 amide bonds. The Morgan fingerprint density at radius 2 is 1.95 bits per heavy atom. The van der Waals surface area contributed by atoms with Crippen LogP contribution in [-0.2, 0) is 10.0 Å². The van der Waals surface area contributed by atoms with Gasteiger partial charge in [0.15, 0.2) is 0 Å². The van der Waals surface area contributed by atoms with Gasteiger partial charge in [0, 0.05) is 18.7 Å². The Labute approximate surface area is 120 Å². The minimum absolute atomic E-state index is 0.214. The summed E-state index contributed by atoms with van der Waals surface area (Å²) in [6.45, 7) is 3.71. The largest absolute Gasteiger partial charge is 0.384 e. The second-order valence-corrected chi connectivity index (χ2v) is 6.04. The first-order valence-corrected chi connectivity index (χ1v) is 7.86. The fraction of sp³-hybridized carbons (Fsp3) is 0.429. The first-order valence-electron chi connectivity index (χ1n) is 6.37. The van der Waals surface area contributed by atoms with Gasteiger partial charge >= 0.3 is 0 Å². The average Bonchev–Trinajstić information content (AvgIpc) is 2.45. The maximum Gasteiger partial charge on any atom is 0.240 e. The van der Waals surface area contributed by atoms with Gasteiger partial charge < -0.3 is 10.0 Å². The van der Waals surface area contributed by atoms with Crippen LogP contribution in [0.15, 0.2) is 29.2 Å². The zero-order valence-corrected chi connectivity index (χ0v) is 12.6. The van der Waals surface area contributed by atoms with Gasteiger partial charge in [0.1, 0.15) is 6.61 Å². The van der Waals surface area contributed by atoms with E-state index in [1.165, 1.54) is 12.1 Å². The second kappa shape index (κ2) is 8.02. The summed E-state index contributed by atoms with van der Waals surface area (Å²) in [5.41, 5.74) is 0.670. The molecule has 0 saturated carbocycles. The molecule has 0 bridgehead atoms. The summed E-state index contributed by atoms with van der Waals surface area (Å²) in [5, 5.41) is 8.59. The Bertz CT molecular complexity index is 571. The highest BCUT2D eigenvalue weighted by Gasteiger charge is 2.12. The monoisotopic (exact) mass is 296 g/mol. The molecule has 0 aliphatic carbocycles. The first-order chi connectivity index (χ1) is 9.49. The highest BCUT2D eigenvalue weighted by molar-refractivity contribution is 7.89. The van der Waals surface area contributed by atoms with Gasteiger partial charge in [-0.25, -0.2) is 13.1 Å². The molecular formula is C14H20N2O3S. The number of nitrogens with one attached hydrogen (secondary N) is 1. The minimum atomic E-state index is -3.48. The number of hydrogen-bond donors (Lipinski definition) is 2. The third-order valence-electron chi connectivity index (χ3n) is 2.80. The Morgan fingerprint density at radius 3 is 2.50 bits per heavy atom. The van der Waals surface area contributed by atoms with E-state index >= 15 is 0 Å². The molecule has 1 aromatic rings. The van der Waals surface area contributed by atoms with Gasteiger partial charge in [0.25, 0.3) is 0 Å². The van der Waals surface area contributed by atoms with E-state index < -0.39 is 10.0 Å². The van der Waals surface area contributed by atoms with Crippen molar-refractivity contribution in [2.24, 2.45) is 0 Å². The van der Waals surface area contributed by atoms with Crippen molar-refractivity contribution in [1.29, 1.82) is 0 Å². The number of rotatable bonds is 6. The van der Waals surface area contributed by atoms with Crippen molar-refractivity contribution in [3.63, 3.8) is 0 Å². The maximum absolute atomic E-state index is 12.0. The van der Waals surface area contributed by atoms with Crippen LogP contribution < -0.4 is 4.72 Å². The predicted molar refractivity (Wildman–Crippen MR) is 78.8 cm³/mol. The van der Waals surface area contributed by atoms with Gasteiger partial charge in [-0.2, -0.15) is 0 Å². The summed E-state index contributed by atoms with van der Waals surface area (Å²) in [6, 6.07) is 6.26. The highest BCUT2D eigenvalue weighted by atomic mass is 32.2. The second-order valence-electron chi connectivity index (χ2n) is 4.28. The lowest BCUT2D eigenvalue weighted by Gasteiger charge is -2.14. The first kappa shape index (κ1) is 16.7. The number of hydrogen-bond acceptors (Lipinski definition) is 4. The lowest BCUT2D eigenvalue weighted by molar-refractivity contribution is 0.350. The number of benzene rings is 1. The van der Waals surface area contributed by atoms with Gasteiger partial charge in [-0.1, -0.05) is 18.8 Å². The summed E-state index contributed by atoms with van der Waals surface area (Å²) < 4.78 is 26.6. The zero-order chi connectivity index (χ0) is 15.0. The number of likely N-dealkylation sites (N-methyl/N-ethyl adjacent to an activating group) is 1. The summed E-state index contributed by atoms with van der Waals surface area (Å²) in [7, 11) is -1.54. The Morgan fingerprint density at radius 1 is 1.30 bits per heavy atom. The molecule has 0 heterocycles. The van der Waals surface area contributed by atoms with Crippen LogP contribution in [0.1, 0.15) is 12.5 Å². The van der Waals surface area contributed by atoms with Crippen LogP contribution in [0.3, 0.4) is 0 Å². The van der Waals surface area contributed by atoms with Crippen LogP contribution in [0.25, 0.3) is 0 Å².